The number of aliphatic carboxylic acids is 1. The number of unbranched alkanes of at least 4 members (excludes halogenated alkanes) is 2. The van der Waals surface area contributed by atoms with Gasteiger partial charge in [-0.05, 0) is 61.9 Å². The van der Waals surface area contributed by atoms with Crippen LogP contribution in [-0.2, 0) is 33.2 Å². The molecule has 0 saturated heterocycles. The van der Waals surface area contributed by atoms with Crippen LogP contribution in [0.4, 0.5) is 42.8 Å². The Labute approximate surface area is 295 Å². The maximum atomic E-state index is 13.9. The molecule has 1 N–H and O–H groups in total. The number of amides is 1. The third-order valence-corrected chi connectivity index (χ3v) is 8.25. The van der Waals surface area contributed by atoms with Crippen molar-refractivity contribution in [1.82, 2.24) is 15.0 Å². The molecule has 0 spiro atoms. The van der Waals surface area contributed by atoms with Crippen molar-refractivity contribution in [2.45, 2.75) is 76.4 Å². The minimum atomic E-state index is -5.07. The summed E-state index contributed by atoms with van der Waals surface area (Å²) in [5.74, 6) is -0.610. The summed E-state index contributed by atoms with van der Waals surface area (Å²) in [7, 11) is 2.85. The number of ether oxygens (including phenoxy) is 4. The number of fused-ring (bicyclic) bond motifs is 1. The number of carboxylic acids is 1. The lowest BCUT2D eigenvalue weighted by Gasteiger charge is -2.43. The number of carbonyl (C=O) groups excluding carboxylic acids is 1. The molecule has 1 aromatic carbocycles. The van der Waals surface area contributed by atoms with E-state index in [1.807, 2.05) is 6.92 Å². The number of pyridine rings is 1. The van der Waals surface area contributed by atoms with Crippen molar-refractivity contribution in [3.63, 3.8) is 0 Å². The monoisotopic (exact) mass is 743 g/mol. The highest BCUT2D eigenvalue weighted by Gasteiger charge is 2.42. The number of rotatable bonds is 16. The van der Waals surface area contributed by atoms with Gasteiger partial charge in [0.15, 0.2) is 5.75 Å². The second-order valence-electron chi connectivity index (χ2n) is 11.9. The van der Waals surface area contributed by atoms with Gasteiger partial charge in [0.1, 0.15) is 6.61 Å². The van der Waals surface area contributed by atoms with Gasteiger partial charge >= 0.3 is 24.4 Å². The molecule has 0 radical (unpaired) electrons. The summed E-state index contributed by atoms with van der Waals surface area (Å²) in [4.78, 5) is 40.5. The third kappa shape index (κ3) is 10.4. The normalized spacial score (nSPS) is 15.9. The molecular weight excluding hydrogens is 704 g/mol. The second kappa shape index (κ2) is 17.6. The van der Waals surface area contributed by atoms with E-state index < -0.39 is 54.2 Å². The summed E-state index contributed by atoms with van der Waals surface area (Å²) < 4.78 is 105. The average molecular weight is 744 g/mol. The number of anilines is 2. The van der Waals surface area contributed by atoms with Gasteiger partial charge in [0.2, 0.25) is 11.8 Å². The van der Waals surface area contributed by atoms with Gasteiger partial charge in [0.05, 0.1) is 61.3 Å². The first kappa shape index (κ1) is 39.9. The zero-order valence-corrected chi connectivity index (χ0v) is 28.7. The molecule has 12 nitrogen and oxygen atoms in total. The van der Waals surface area contributed by atoms with E-state index in [1.54, 1.807) is 6.07 Å². The highest BCUT2D eigenvalue weighted by atomic mass is 19.4. The maximum Gasteiger partial charge on any atom is 0.416 e. The molecule has 2 aromatic heterocycles. The van der Waals surface area contributed by atoms with Gasteiger partial charge < -0.3 is 29.0 Å². The molecule has 1 aliphatic heterocycles. The van der Waals surface area contributed by atoms with Crippen LogP contribution in [0.15, 0.2) is 42.7 Å². The predicted octanol–water partition coefficient (Wildman–Crippen LogP) is 7.46. The molecule has 0 unspecified atom stereocenters. The first-order chi connectivity index (χ1) is 24.7. The van der Waals surface area contributed by atoms with Crippen LogP contribution in [0.2, 0.25) is 0 Å². The number of methoxy groups -OCH3 is 2. The summed E-state index contributed by atoms with van der Waals surface area (Å²) in [6.07, 6.45) is -6.40. The Morgan fingerprint density at radius 3 is 2.19 bits per heavy atom. The molecule has 2 atom stereocenters. The van der Waals surface area contributed by atoms with E-state index in [0.717, 1.165) is 0 Å². The molecule has 0 bridgehead atoms. The van der Waals surface area contributed by atoms with Crippen molar-refractivity contribution in [3.05, 3.63) is 65.1 Å². The number of carbonyl (C=O) groups is 2. The van der Waals surface area contributed by atoms with E-state index >= 15 is 0 Å². The Kier molecular flexibility index (Phi) is 13.5. The SMILES string of the molecule is CC[C@@H]1C[C@H](N(Cc2cc(C(F)(F)F)cc(C(F)(F)F)c2)c2ncc(OCCOC)cn2)c2nc(OC)ccc2N1C(=O)OCCCCCC(=O)O. The number of benzene rings is 1. The number of aromatic nitrogens is 3. The Balaban J connectivity index is 1.78. The molecule has 0 fully saturated rings. The minimum absolute atomic E-state index is 0.0119. The van der Waals surface area contributed by atoms with Gasteiger partial charge in [-0.1, -0.05) is 6.92 Å². The lowest BCUT2D eigenvalue weighted by atomic mass is 9.92. The smallest absolute Gasteiger partial charge is 0.416 e. The Bertz CT molecular complexity index is 1630. The first-order valence-electron chi connectivity index (χ1n) is 16.4. The van der Waals surface area contributed by atoms with Crippen LogP contribution in [0.3, 0.4) is 0 Å². The summed E-state index contributed by atoms with van der Waals surface area (Å²) in [6, 6.07) is 2.96. The van der Waals surface area contributed by atoms with Crippen molar-refractivity contribution in [1.29, 1.82) is 0 Å². The zero-order valence-electron chi connectivity index (χ0n) is 28.7. The van der Waals surface area contributed by atoms with Crippen LogP contribution >= 0.6 is 0 Å². The van der Waals surface area contributed by atoms with E-state index in [1.165, 1.54) is 42.5 Å². The van der Waals surface area contributed by atoms with E-state index in [9.17, 15) is 35.9 Å². The van der Waals surface area contributed by atoms with Gasteiger partial charge in [-0.3, -0.25) is 9.69 Å². The van der Waals surface area contributed by atoms with Crippen LogP contribution in [0.25, 0.3) is 0 Å². The quantitative estimate of drug-likeness (QED) is 0.116. The molecule has 3 aromatic rings. The average Bonchev–Trinajstić information content (AvgIpc) is 3.10. The molecule has 4 rings (SSSR count). The largest absolute Gasteiger partial charge is 0.488 e. The summed E-state index contributed by atoms with van der Waals surface area (Å²) in [5.41, 5.74) is -2.79. The Hall–Kier alpha value is -4.87. The van der Waals surface area contributed by atoms with E-state index in [4.69, 9.17) is 24.1 Å². The Morgan fingerprint density at radius 2 is 1.62 bits per heavy atom. The third-order valence-electron chi connectivity index (χ3n) is 8.25. The number of alkyl halides is 6. The van der Waals surface area contributed by atoms with Gasteiger partial charge in [0, 0.05) is 32.2 Å². The summed E-state index contributed by atoms with van der Waals surface area (Å²) in [6.45, 7) is 1.74. The van der Waals surface area contributed by atoms with Crippen molar-refractivity contribution in [2.75, 3.05) is 43.8 Å². The second-order valence-corrected chi connectivity index (χ2v) is 11.9. The minimum Gasteiger partial charge on any atom is -0.488 e. The molecule has 1 amide bonds. The van der Waals surface area contributed by atoms with Crippen molar-refractivity contribution < 1.29 is 60.0 Å². The number of hydrogen-bond donors (Lipinski definition) is 1. The van der Waals surface area contributed by atoms with E-state index in [2.05, 4.69) is 15.0 Å². The zero-order chi connectivity index (χ0) is 38.1. The van der Waals surface area contributed by atoms with Crippen LogP contribution in [0.1, 0.15) is 73.9 Å². The van der Waals surface area contributed by atoms with Gasteiger partial charge in [-0.15, -0.1) is 0 Å². The molecule has 1 aliphatic rings. The number of nitrogens with zero attached hydrogens (tertiary/aromatic N) is 5. The van der Waals surface area contributed by atoms with Crippen LogP contribution in [0, 0.1) is 0 Å². The number of carboxylic acid groups (broad SMARTS) is 1. The molecule has 0 saturated carbocycles. The highest BCUT2D eigenvalue weighted by Crippen LogP contribution is 2.44. The van der Waals surface area contributed by atoms with Crippen molar-refractivity contribution >= 4 is 23.7 Å². The molecule has 18 heteroatoms. The van der Waals surface area contributed by atoms with E-state index in [0.29, 0.717) is 37.8 Å². The fourth-order valence-electron chi connectivity index (χ4n) is 5.74. The molecule has 52 heavy (non-hydrogen) atoms. The van der Waals surface area contributed by atoms with Gasteiger partial charge in [-0.25, -0.2) is 19.7 Å². The van der Waals surface area contributed by atoms with Crippen molar-refractivity contribution in [3.8, 4) is 11.6 Å². The fraction of sp³-hybridized carbons (Fsp3) is 0.500. The van der Waals surface area contributed by atoms with Crippen LogP contribution in [0.5, 0.6) is 11.6 Å². The number of hydrogen-bond acceptors (Lipinski definition) is 10. The van der Waals surface area contributed by atoms with Crippen molar-refractivity contribution in [2.24, 2.45) is 0 Å². The fourth-order valence-corrected chi connectivity index (χ4v) is 5.74. The standard InChI is InChI=1S/C34H39F6N5O7/c1-4-24-17-27(30-26(9-10-28(43-30)50-3)45(24)32(48)52-11-7-5-6-8-29(46)47)44(31-41-18-25(19-42-31)51-13-12-49-2)20-21-14-22(33(35,36)37)16-23(15-21)34(38,39)40/h9-10,14-16,18-19,24,27H,4-8,11-13,17,20H2,1-3H3,(H,46,47)/t24-,27+/m1/s1. The van der Waals surface area contributed by atoms with Gasteiger partial charge in [0.25, 0.3) is 0 Å². The summed E-state index contributed by atoms with van der Waals surface area (Å²) >= 11 is 0. The first-order valence-corrected chi connectivity index (χ1v) is 16.4. The van der Waals surface area contributed by atoms with Crippen LogP contribution < -0.4 is 19.3 Å². The Morgan fingerprint density at radius 1 is 0.942 bits per heavy atom. The lowest BCUT2D eigenvalue weighted by molar-refractivity contribution is -0.143. The summed E-state index contributed by atoms with van der Waals surface area (Å²) in [5, 5.41) is 8.85. The maximum absolute atomic E-state index is 13.9. The number of halogens is 6. The molecular formula is C34H39F6N5O7. The molecule has 0 aliphatic carbocycles. The lowest BCUT2D eigenvalue weighted by Crippen LogP contribution is -2.48. The highest BCUT2D eigenvalue weighted by molar-refractivity contribution is 5.90. The van der Waals surface area contributed by atoms with Crippen LogP contribution in [-0.4, -0.2) is 72.2 Å². The molecule has 284 valence electrons. The topological polar surface area (TPSA) is 136 Å². The van der Waals surface area contributed by atoms with Gasteiger partial charge in [-0.2, -0.15) is 26.3 Å². The predicted molar refractivity (Wildman–Crippen MR) is 174 cm³/mol. The van der Waals surface area contributed by atoms with E-state index in [-0.39, 0.29) is 73.3 Å². The molecule has 3 heterocycles.